The largest absolute Gasteiger partial charge is 0.350 e. The highest BCUT2D eigenvalue weighted by Gasteiger charge is 2.11. The van der Waals surface area contributed by atoms with E-state index >= 15 is 0 Å². The standard InChI is InChI=1S/C25H25FN4OS/c1-29(2)14-15-30(3)25-28-22-13-12-21(16-23(22)32-25)27-24(31)19-6-4-17(5-7-19)18-8-10-20(26)11-9-18/h4-13,16H,14-15H2,1-3H3,(H,27,31). The van der Waals surface area contributed by atoms with Crippen molar-refractivity contribution in [2.24, 2.45) is 0 Å². The molecule has 1 aromatic heterocycles. The molecule has 164 valence electrons. The van der Waals surface area contributed by atoms with Gasteiger partial charge in [0.15, 0.2) is 5.13 Å². The lowest BCUT2D eigenvalue weighted by Crippen LogP contribution is -2.28. The first-order valence-electron chi connectivity index (χ1n) is 10.3. The fourth-order valence-electron chi connectivity index (χ4n) is 3.26. The Morgan fingerprint density at radius 1 is 0.938 bits per heavy atom. The maximum atomic E-state index is 13.1. The van der Waals surface area contributed by atoms with E-state index in [2.05, 4.69) is 29.2 Å². The van der Waals surface area contributed by atoms with E-state index in [0.717, 1.165) is 45.3 Å². The maximum Gasteiger partial charge on any atom is 0.255 e. The minimum absolute atomic E-state index is 0.178. The lowest BCUT2D eigenvalue weighted by molar-refractivity contribution is 0.102. The van der Waals surface area contributed by atoms with Crippen LogP contribution in [0.25, 0.3) is 21.3 Å². The molecule has 0 atom stereocenters. The fraction of sp³-hybridized carbons (Fsp3) is 0.200. The second-order valence-electron chi connectivity index (χ2n) is 7.94. The molecule has 7 heteroatoms. The van der Waals surface area contributed by atoms with Gasteiger partial charge in [0.05, 0.1) is 10.2 Å². The van der Waals surface area contributed by atoms with Crippen LogP contribution in [0.5, 0.6) is 0 Å². The van der Waals surface area contributed by atoms with Crippen molar-refractivity contribution in [3.63, 3.8) is 0 Å². The Kier molecular flexibility index (Phi) is 6.48. The Balaban J connectivity index is 1.45. The zero-order valence-corrected chi connectivity index (χ0v) is 19.1. The van der Waals surface area contributed by atoms with Crippen molar-refractivity contribution in [2.75, 3.05) is 44.4 Å². The summed E-state index contributed by atoms with van der Waals surface area (Å²) in [5, 5.41) is 3.93. The van der Waals surface area contributed by atoms with Crippen molar-refractivity contribution in [1.29, 1.82) is 0 Å². The molecule has 1 amide bonds. The van der Waals surface area contributed by atoms with Gasteiger partial charge in [0.2, 0.25) is 0 Å². The lowest BCUT2D eigenvalue weighted by Gasteiger charge is -2.18. The SMILES string of the molecule is CN(C)CCN(C)c1nc2ccc(NC(=O)c3ccc(-c4ccc(F)cc4)cc3)cc2s1. The zero-order valence-electron chi connectivity index (χ0n) is 18.3. The van der Waals surface area contributed by atoms with Gasteiger partial charge in [0.1, 0.15) is 5.82 Å². The van der Waals surface area contributed by atoms with Gasteiger partial charge in [-0.1, -0.05) is 35.6 Å². The van der Waals surface area contributed by atoms with Crippen LogP contribution in [0, 0.1) is 5.82 Å². The number of amides is 1. The number of benzene rings is 3. The van der Waals surface area contributed by atoms with Crippen LogP contribution in [0.4, 0.5) is 15.2 Å². The fourth-order valence-corrected chi connectivity index (χ4v) is 4.25. The third kappa shape index (κ3) is 5.12. The number of fused-ring (bicyclic) bond motifs is 1. The highest BCUT2D eigenvalue weighted by molar-refractivity contribution is 7.22. The summed E-state index contributed by atoms with van der Waals surface area (Å²) in [5.74, 6) is -0.446. The summed E-state index contributed by atoms with van der Waals surface area (Å²) >= 11 is 1.61. The van der Waals surface area contributed by atoms with Crippen molar-refractivity contribution in [3.8, 4) is 11.1 Å². The molecule has 0 aliphatic rings. The molecule has 0 aliphatic heterocycles. The molecular formula is C25H25FN4OS. The number of likely N-dealkylation sites (N-methyl/N-ethyl adjacent to an activating group) is 2. The summed E-state index contributed by atoms with van der Waals surface area (Å²) < 4.78 is 14.1. The number of hydrogen-bond donors (Lipinski definition) is 1. The predicted molar refractivity (Wildman–Crippen MR) is 131 cm³/mol. The molecule has 1 heterocycles. The van der Waals surface area contributed by atoms with E-state index < -0.39 is 0 Å². The molecule has 5 nitrogen and oxygen atoms in total. The third-order valence-corrected chi connectivity index (χ3v) is 6.30. The molecule has 0 unspecified atom stereocenters. The number of carbonyl (C=O) groups is 1. The first-order valence-corrected chi connectivity index (χ1v) is 11.1. The van der Waals surface area contributed by atoms with Gasteiger partial charge < -0.3 is 15.1 Å². The summed E-state index contributed by atoms with van der Waals surface area (Å²) in [7, 11) is 6.15. The Labute approximate surface area is 191 Å². The number of thiazole rings is 1. The van der Waals surface area contributed by atoms with Gasteiger partial charge in [-0.25, -0.2) is 9.37 Å². The van der Waals surface area contributed by atoms with E-state index in [1.807, 2.05) is 37.4 Å². The van der Waals surface area contributed by atoms with Crippen molar-refractivity contribution in [1.82, 2.24) is 9.88 Å². The molecule has 32 heavy (non-hydrogen) atoms. The number of halogens is 1. The van der Waals surface area contributed by atoms with Gasteiger partial charge in [0, 0.05) is 31.4 Å². The van der Waals surface area contributed by atoms with Gasteiger partial charge in [-0.05, 0) is 67.7 Å². The van der Waals surface area contributed by atoms with Crippen LogP contribution in [-0.4, -0.2) is 50.0 Å². The minimum Gasteiger partial charge on any atom is -0.350 e. The third-order valence-electron chi connectivity index (χ3n) is 5.17. The van der Waals surface area contributed by atoms with Crippen LogP contribution >= 0.6 is 11.3 Å². The zero-order chi connectivity index (χ0) is 22.7. The van der Waals surface area contributed by atoms with E-state index in [1.54, 1.807) is 35.6 Å². The molecule has 0 fully saturated rings. The topological polar surface area (TPSA) is 48.5 Å². The Bertz CT molecular complexity index is 1220. The van der Waals surface area contributed by atoms with Crippen LogP contribution in [0.2, 0.25) is 0 Å². The lowest BCUT2D eigenvalue weighted by atomic mass is 10.0. The maximum absolute atomic E-state index is 13.1. The van der Waals surface area contributed by atoms with Crippen molar-refractivity contribution >= 4 is 38.3 Å². The summed E-state index contributed by atoms with van der Waals surface area (Å²) in [5.41, 5.74) is 4.04. The minimum atomic E-state index is -0.269. The molecule has 0 aliphatic carbocycles. The Hall–Kier alpha value is -3.29. The molecule has 4 rings (SSSR count). The van der Waals surface area contributed by atoms with Gasteiger partial charge >= 0.3 is 0 Å². The van der Waals surface area contributed by atoms with Crippen LogP contribution in [-0.2, 0) is 0 Å². The predicted octanol–water partition coefficient (Wildman–Crippen LogP) is 5.35. The molecule has 0 saturated carbocycles. The van der Waals surface area contributed by atoms with Crippen LogP contribution < -0.4 is 10.2 Å². The van der Waals surface area contributed by atoms with Crippen LogP contribution in [0.1, 0.15) is 10.4 Å². The summed E-state index contributed by atoms with van der Waals surface area (Å²) in [6, 6.07) is 19.3. The van der Waals surface area contributed by atoms with E-state index in [-0.39, 0.29) is 11.7 Å². The van der Waals surface area contributed by atoms with Gasteiger partial charge in [-0.3, -0.25) is 4.79 Å². The van der Waals surface area contributed by atoms with E-state index in [9.17, 15) is 9.18 Å². The summed E-state index contributed by atoms with van der Waals surface area (Å²) in [4.78, 5) is 21.7. The molecule has 0 saturated heterocycles. The van der Waals surface area contributed by atoms with Gasteiger partial charge in [0.25, 0.3) is 5.91 Å². The second kappa shape index (κ2) is 9.46. The molecule has 1 N–H and O–H groups in total. The van der Waals surface area contributed by atoms with E-state index in [4.69, 9.17) is 4.98 Å². The normalized spacial score (nSPS) is 11.2. The van der Waals surface area contributed by atoms with Crippen molar-refractivity contribution in [2.45, 2.75) is 0 Å². The van der Waals surface area contributed by atoms with Crippen molar-refractivity contribution < 1.29 is 9.18 Å². The first kappa shape index (κ1) is 21.9. The van der Waals surface area contributed by atoms with E-state index in [1.165, 1.54) is 12.1 Å². The quantitative estimate of drug-likeness (QED) is 0.414. The Morgan fingerprint density at radius 3 is 2.25 bits per heavy atom. The number of nitrogens with one attached hydrogen (secondary N) is 1. The molecule has 0 spiro atoms. The highest BCUT2D eigenvalue weighted by Crippen LogP contribution is 2.30. The molecule has 4 aromatic rings. The number of rotatable bonds is 7. The number of hydrogen-bond acceptors (Lipinski definition) is 5. The summed E-state index contributed by atoms with van der Waals surface area (Å²) in [6.45, 7) is 1.85. The number of anilines is 2. The molecule has 0 bridgehead atoms. The summed E-state index contributed by atoms with van der Waals surface area (Å²) in [6.07, 6.45) is 0. The number of aromatic nitrogens is 1. The van der Waals surface area contributed by atoms with Crippen molar-refractivity contribution in [3.05, 3.63) is 78.1 Å². The van der Waals surface area contributed by atoms with Gasteiger partial charge in [-0.15, -0.1) is 0 Å². The van der Waals surface area contributed by atoms with Crippen LogP contribution in [0.3, 0.4) is 0 Å². The Morgan fingerprint density at radius 2 is 1.59 bits per heavy atom. The van der Waals surface area contributed by atoms with Gasteiger partial charge in [-0.2, -0.15) is 0 Å². The highest BCUT2D eigenvalue weighted by atomic mass is 32.1. The average Bonchev–Trinajstić information content (AvgIpc) is 3.21. The first-order chi connectivity index (χ1) is 15.4. The monoisotopic (exact) mass is 448 g/mol. The number of carbonyl (C=O) groups excluding carboxylic acids is 1. The molecular weight excluding hydrogens is 423 g/mol. The smallest absolute Gasteiger partial charge is 0.255 e. The molecule has 3 aromatic carbocycles. The van der Waals surface area contributed by atoms with Crippen LogP contribution in [0.15, 0.2) is 66.7 Å². The average molecular weight is 449 g/mol. The number of nitrogens with zero attached hydrogens (tertiary/aromatic N) is 3. The second-order valence-corrected chi connectivity index (χ2v) is 8.95. The molecule has 0 radical (unpaired) electrons. The van der Waals surface area contributed by atoms with E-state index in [0.29, 0.717) is 5.56 Å².